The molecule has 0 radical (unpaired) electrons. The van der Waals surface area contributed by atoms with Crippen molar-refractivity contribution in [3.05, 3.63) is 71.4 Å². The van der Waals surface area contributed by atoms with Gasteiger partial charge >= 0.3 is 0 Å². The number of ether oxygens (including phenoxy) is 1. The standard InChI is InChI=1S/C27H28N4O4S/c1-18(2)35-24-9-10-25(19(3)13-24)26-21(16-31(30-26)23-7-5-4-6-8-23)14-20(15-28)27(32)29-22-11-12-36(33,34)17-22/h4-10,13-14,16,18,22H,11-12,17H2,1-3H3,(H,29,32)/b20-14+/t22-/m0/s1. The van der Waals surface area contributed by atoms with Crippen LogP contribution in [-0.2, 0) is 14.6 Å². The molecule has 4 rings (SSSR count). The monoisotopic (exact) mass is 504 g/mol. The molecule has 3 aromatic rings. The molecular weight excluding hydrogens is 476 g/mol. The Morgan fingerprint density at radius 1 is 1.25 bits per heavy atom. The Balaban J connectivity index is 1.73. The van der Waals surface area contributed by atoms with E-state index in [1.165, 1.54) is 6.08 Å². The second-order valence-corrected chi connectivity index (χ2v) is 11.3. The summed E-state index contributed by atoms with van der Waals surface area (Å²) in [6, 6.07) is 16.7. The lowest BCUT2D eigenvalue weighted by atomic mass is 10.0. The molecule has 9 heteroatoms. The van der Waals surface area contributed by atoms with Crippen LogP contribution >= 0.6 is 0 Å². The molecule has 1 saturated heterocycles. The molecule has 1 fully saturated rings. The molecule has 1 amide bonds. The minimum atomic E-state index is -3.16. The number of benzene rings is 2. The number of sulfone groups is 1. The molecule has 1 N–H and O–H groups in total. The Morgan fingerprint density at radius 2 is 2.00 bits per heavy atom. The van der Waals surface area contributed by atoms with Crippen molar-refractivity contribution in [3.63, 3.8) is 0 Å². The summed E-state index contributed by atoms with van der Waals surface area (Å²) >= 11 is 0. The van der Waals surface area contributed by atoms with Gasteiger partial charge in [-0.05, 0) is 69.2 Å². The predicted molar refractivity (Wildman–Crippen MR) is 138 cm³/mol. The van der Waals surface area contributed by atoms with Crippen LogP contribution in [0.5, 0.6) is 5.75 Å². The van der Waals surface area contributed by atoms with Gasteiger partial charge < -0.3 is 10.1 Å². The first kappa shape index (κ1) is 25.2. The molecule has 1 aromatic heterocycles. The molecular formula is C27H28N4O4S. The van der Waals surface area contributed by atoms with E-state index in [-0.39, 0.29) is 23.2 Å². The van der Waals surface area contributed by atoms with Crippen molar-refractivity contribution in [1.82, 2.24) is 15.1 Å². The topological polar surface area (TPSA) is 114 Å². The molecule has 0 aliphatic carbocycles. The van der Waals surface area contributed by atoms with E-state index in [0.29, 0.717) is 17.7 Å². The zero-order chi connectivity index (χ0) is 25.9. The lowest BCUT2D eigenvalue weighted by Gasteiger charge is -2.12. The summed E-state index contributed by atoms with van der Waals surface area (Å²) in [5.74, 6) is 0.0660. The number of aryl methyl sites for hydroxylation is 1. The van der Waals surface area contributed by atoms with Crippen LogP contribution in [0.15, 0.2) is 60.3 Å². The average molecular weight is 505 g/mol. The number of hydrogen-bond donors (Lipinski definition) is 1. The summed E-state index contributed by atoms with van der Waals surface area (Å²) in [6.45, 7) is 5.88. The zero-order valence-corrected chi connectivity index (χ0v) is 21.2. The molecule has 186 valence electrons. The van der Waals surface area contributed by atoms with Gasteiger partial charge in [-0.1, -0.05) is 18.2 Å². The van der Waals surface area contributed by atoms with E-state index in [4.69, 9.17) is 9.84 Å². The highest BCUT2D eigenvalue weighted by atomic mass is 32.2. The van der Waals surface area contributed by atoms with E-state index in [1.54, 1.807) is 10.9 Å². The van der Waals surface area contributed by atoms with Crippen LogP contribution in [0.25, 0.3) is 23.0 Å². The van der Waals surface area contributed by atoms with Gasteiger partial charge in [0.25, 0.3) is 5.91 Å². The van der Waals surface area contributed by atoms with Crippen molar-refractivity contribution in [2.75, 3.05) is 11.5 Å². The zero-order valence-electron chi connectivity index (χ0n) is 20.4. The number of nitriles is 1. The van der Waals surface area contributed by atoms with Gasteiger partial charge in [-0.25, -0.2) is 13.1 Å². The minimum Gasteiger partial charge on any atom is -0.491 e. The van der Waals surface area contributed by atoms with Gasteiger partial charge in [0, 0.05) is 23.4 Å². The molecule has 1 atom stereocenters. The molecule has 0 unspecified atom stereocenters. The van der Waals surface area contributed by atoms with Crippen LogP contribution in [0.1, 0.15) is 31.4 Å². The van der Waals surface area contributed by atoms with E-state index in [9.17, 15) is 18.5 Å². The first-order valence-corrected chi connectivity index (χ1v) is 13.5. The first-order chi connectivity index (χ1) is 17.1. The lowest BCUT2D eigenvalue weighted by molar-refractivity contribution is -0.117. The molecule has 1 aliphatic rings. The Bertz CT molecular complexity index is 1450. The summed E-state index contributed by atoms with van der Waals surface area (Å²) in [5, 5.41) is 17.2. The normalized spacial score (nSPS) is 17.1. The van der Waals surface area contributed by atoms with Crippen LogP contribution in [0.2, 0.25) is 0 Å². The van der Waals surface area contributed by atoms with Gasteiger partial charge in [0.05, 0.1) is 23.3 Å². The third-order valence-electron chi connectivity index (χ3n) is 5.82. The van der Waals surface area contributed by atoms with Crippen LogP contribution in [-0.4, -0.2) is 47.8 Å². The van der Waals surface area contributed by atoms with Crippen molar-refractivity contribution >= 4 is 21.8 Å². The van der Waals surface area contributed by atoms with E-state index in [0.717, 1.165) is 22.6 Å². The van der Waals surface area contributed by atoms with Crippen molar-refractivity contribution in [1.29, 1.82) is 5.26 Å². The highest BCUT2D eigenvalue weighted by Crippen LogP contribution is 2.31. The quantitative estimate of drug-likeness (QED) is 0.386. The number of amides is 1. The third-order valence-corrected chi connectivity index (χ3v) is 7.59. The molecule has 0 saturated carbocycles. The summed E-state index contributed by atoms with van der Waals surface area (Å²) in [5.41, 5.74) is 3.68. The fraction of sp³-hybridized carbons (Fsp3) is 0.296. The Labute approximate surface area is 211 Å². The Hall–Kier alpha value is -3.90. The molecule has 2 aromatic carbocycles. The Morgan fingerprint density at radius 3 is 2.61 bits per heavy atom. The molecule has 0 spiro atoms. The minimum absolute atomic E-state index is 0.0351. The van der Waals surface area contributed by atoms with Crippen LogP contribution in [0.3, 0.4) is 0 Å². The van der Waals surface area contributed by atoms with Crippen molar-refractivity contribution in [2.45, 2.75) is 39.3 Å². The molecule has 2 heterocycles. The molecule has 36 heavy (non-hydrogen) atoms. The first-order valence-electron chi connectivity index (χ1n) is 11.7. The SMILES string of the molecule is Cc1cc(OC(C)C)ccc1-c1nn(-c2ccccc2)cc1/C=C(\C#N)C(=O)N[C@H]1CCS(=O)(=O)C1. The highest BCUT2D eigenvalue weighted by Gasteiger charge is 2.29. The maximum atomic E-state index is 12.8. The van der Waals surface area contributed by atoms with Gasteiger partial charge in [0.2, 0.25) is 0 Å². The predicted octanol–water partition coefficient (Wildman–Crippen LogP) is 3.85. The second kappa shape index (κ2) is 10.4. The van der Waals surface area contributed by atoms with E-state index >= 15 is 0 Å². The average Bonchev–Trinajstić information content (AvgIpc) is 3.40. The molecule has 0 bridgehead atoms. The van der Waals surface area contributed by atoms with Crippen molar-refractivity contribution < 1.29 is 17.9 Å². The van der Waals surface area contributed by atoms with Gasteiger partial charge in [0.15, 0.2) is 9.84 Å². The Kier molecular flexibility index (Phi) is 7.27. The number of nitrogens with zero attached hydrogens (tertiary/aromatic N) is 3. The third kappa shape index (κ3) is 5.83. The van der Waals surface area contributed by atoms with Gasteiger partial charge in [-0.2, -0.15) is 10.4 Å². The van der Waals surface area contributed by atoms with Crippen LogP contribution in [0.4, 0.5) is 0 Å². The number of carbonyl (C=O) groups excluding carboxylic acids is 1. The molecule has 8 nitrogen and oxygen atoms in total. The lowest BCUT2D eigenvalue weighted by Crippen LogP contribution is -2.36. The maximum Gasteiger partial charge on any atom is 0.262 e. The van der Waals surface area contributed by atoms with Gasteiger partial charge in [-0.3, -0.25) is 4.79 Å². The largest absolute Gasteiger partial charge is 0.491 e. The van der Waals surface area contributed by atoms with E-state index in [2.05, 4.69) is 5.32 Å². The fourth-order valence-corrected chi connectivity index (χ4v) is 5.81. The second-order valence-electron chi connectivity index (χ2n) is 9.10. The number of aromatic nitrogens is 2. The van der Waals surface area contributed by atoms with Gasteiger partial charge in [-0.15, -0.1) is 0 Å². The van der Waals surface area contributed by atoms with Crippen molar-refractivity contribution in [3.8, 4) is 28.8 Å². The number of carbonyl (C=O) groups is 1. The van der Waals surface area contributed by atoms with E-state index in [1.807, 2.05) is 75.4 Å². The van der Waals surface area contributed by atoms with E-state index < -0.39 is 21.8 Å². The van der Waals surface area contributed by atoms with Crippen LogP contribution < -0.4 is 10.1 Å². The highest BCUT2D eigenvalue weighted by molar-refractivity contribution is 7.91. The van der Waals surface area contributed by atoms with Crippen molar-refractivity contribution in [2.24, 2.45) is 0 Å². The molecule has 1 aliphatic heterocycles. The smallest absolute Gasteiger partial charge is 0.262 e. The fourth-order valence-electron chi connectivity index (χ4n) is 4.14. The summed E-state index contributed by atoms with van der Waals surface area (Å²) < 4.78 is 31.0. The number of rotatable bonds is 7. The summed E-state index contributed by atoms with van der Waals surface area (Å²) in [7, 11) is -3.16. The van der Waals surface area contributed by atoms with Crippen LogP contribution in [0, 0.1) is 18.3 Å². The summed E-state index contributed by atoms with van der Waals surface area (Å²) in [4.78, 5) is 12.8. The number of nitrogens with one attached hydrogen (secondary N) is 1. The van der Waals surface area contributed by atoms with Gasteiger partial charge in [0.1, 0.15) is 23.1 Å². The number of para-hydroxylation sites is 1. The number of hydrogen-bond acceptors (Lipinski definition) is 6. The maximum absolute atomic E-state index is 12.8. The summed E-state index contributed by atoms with van der Waals surface area (Å²) in [6.07, 6.45) is 3.65.